The molecule has 0 fully saturated rings. The Morgan fingerprint density at radius 3 is 2.80 bits per heavy atom. The molecule has 20 heavy (non-hydrogen) atoms. The largest absolute Gasteiger partial charge is 0.313 e. The van der Waals surface area contributed by atoms with Gasteiger partial charge < -0.3 is 5.32 Å². The molecule has 0 aliphatic rings. The van der Waals surface area contributed by atoms with E-state index < -0.39 is 0 Å². The van der Waals surface area contributed by atoms with Gasteiger partial charge in [0.05, 0.1) is 12.7 Å². The molecule has 0 bridgehead atoms. The van der Waals surface area contributed by atoms with Crippen LogP contribution in [0.2, 0.25) is 0 Å². The zero-order chi connectivity index (χ0) is 14.4. The Bertz CT molecular complexity index is 543. The van der Waals surface area contributed by atoms with E-state index in [1.165, 1.54) is 28.8 Å². The van der Waals surface area contributed by atoms with Crippen LogP contribution in [0.1, 0.15) is 42.7 Å². The molecule has 0 spiro atoms. The molecule has 1 aromatic carbocycles. The minimum Gasteiger partial charge on any atom is -0.313 e. The molecule has 3 nitrogen and oxygen atoms in total. The maximum absolute atomic E-state index is 4.57. The Morgan fingerprint density at radius 2 is 2.10 bits per heavy atom. The zero-order valence-corrected chi connectivity index (χ0v) is 12.8. The molecule has 1 N–H and O–H groups in total. The molecule has 2 aromatic rings. The topological polar surface area (TPSA) is 29.9 Å². The van der Waals surface area contributed by atoms with E-state index in [1.54, 1.807) is 0 Å². The average molecular weight is 271 g/mol. The van der Waals surface area contributed by atoms with Gasteiger partial charge in [0.1, 0.15) is 0 Å². The molecule has 0 atom stereocenters. The van der Waals surface area contributed by atoms with E-state index >= 15 is 0 Å². The highest BCUT2D eigenvalue weighted by Crippen LogP contribution is 2.13. The Morgan fingerprint density at radius 1 is 1.25 bits per heavy atom. The van der Waals surface area contributed by atoms with Crippen molar-refractivity contribution in [2.75, 3.05) is 6.54 Å². The fraction of sp³-hybridized carbons (Fsp3) is 0.471. The van der Waals surface area contributed by atoms with Crippen molar-refractivity contribution in [3.63, 3.8) is 0 Å². The highest BCUT2D eigenvalue weighted by Gasteiger charge is 2.09. The van der Waals surface area contributed by atoms with E-state index in [9.17, 15) is 0 Å². The molecule has 0 radical (unpaired) electrons. The van der Waals surface area contributed by atoms with Crippen LogP contribution >= 0.6 is 0 Å². The molecule has 2 rings (SSSR count). The molecule has 1 heterocycles. The Hall–Kier alpha value is -1.61. The van der Waals surface area contributed by atoms with Crippen molar-refractivity contribution in [1.29, 1.82) is 0 Å². The van der Waals surface area contributed by atoms with Gasteiger partial charge in [0, 0.05) is 17.8 Å². The van der Waals surface area contributed by atoms with Gasteiger partial charge in [-0.2, -0.15) is 5.10 Å². The van der Waals surface area contributed by atoms with Crippen molar-refractivity contribution in [1.82, 2.24) is 15.1 Å². The highest BCUT2D eigenvalue weighted by atomic mass is 15.3. The average Bonchev–Trinajstić information content (AvgIpc) is 2.81. The normalized spacial score (nSPS) is 10.9. The summed E-state index contributed by atoms with van der Waals surface area (Å²) in [6.45, 7) is 9.37. The molecular weight excluding hydrogens is 246 g/mol. The van der Waals surface area contributed by atoms with Crippen LogP contribution in [-0.4, -0.2) is 16.3 Å². The predicted octanol–water partition coefficient (Wildman–Crippen LogP) is 3.30. The molecule has 0 aliphatic heterocycles. The van der Waals surface area contributed by atoms with Gasteiger partial charge in [0.2, 0.25) is 0 Å². The van der Waals surface area contributed by atoms with Crippen molar-refractivity contribution in [2.24, 2.45) is 0 Å². The number of rotatable bonds is 7. The van der Waals surface area contributed by atoms with E-state index in [2.05, 4.69) is 60.1 Å². The monoisotopic (exact) mass is 271 g/mol. The fourth-order valence-electron chi connectivity index (χ4n) is 2.53. The molecule has 0 saturated heterocycles. The lowest BCUT2D eigenvalue weighted by molar-refractivity contribution is 0.637. The number of aromatic nitrogens is 2. The van der Waals surface area contributed by atoms with Crippen LogP contribution in [-0.2, 0) is 19.5 Å². The maximum Gasteiger partial charge on any atom is 0.0662 e. The van der Waals surface area contributed by atoms with Gasteiger partial charge in [-0.15, -0.1) is 0 Å². The van der Waals surface area contributed by atoms with Crippen molar-refractivity contribution < 1.29 is 0 Å². The first kappa shape index (κ1) is 14.8. The Labute approximate surface area is 122 Å². The summed E-state index contributed by atoms with van der Waals surface area (Å²) in [6.07, 6.45) is 4.20. The van der Waals surface area contributed by atoms with Crippen LogP contribution in [0, 0.1) is 6.92 Å². The number of benzene rings is 1. The standard InChI is InChI=1S/C17H25N3/c1-4-9-18-11-16-12-19-20(17(16)5-2)13-15-8-6-7-14(3)10-15/h6-8,10,12,18H,4-5,9,11,13H2,1-3H3. The number of nitrogens with zero attached hydrogens (tertiary/aromatic N) is 2. The third kappa shape index (κ3) is 3.70. The first-order valence-corrected chi connectivity index (χ1v) is 7.54. The lowest BCUT2D eigenvalue weighted by Crippen LogP contribution is -2.15. The van der Waals surface area contributed by atoms with Gasteiger partial charge >= 0.3 is 0 Å². The summed E-state index contributed by atoms with van der Waals surface area (Å²) < 4.78 is 2.14. The molecule has 0 amide bonds. The van der Waals surface area contributed by atoms with E-state index in [0.717, 1.165) is 26.1 Å². The van der Waals surface area contributed by atoms with E-state index in [-0.39, 0.29) is 0 Å². The lowest BCUT2D eigenvalue weighted by atomic mass is 10.1. The summed E-state index contributed by atoms with van der Waals surface area (Å²) in [6, 6.07) is 8.65. The maximum atomic E-state index is 4.57. The number of hydrogen-bond acceptors (Lipinski definition) is 2. The quantitative estimate of drug-likeness (QED) is 0.783. The van der Waals surface area contributed by atoms with Crippen molar-refractivity contribution in [3.8, 4) is 0 Å². The van der Waals surface area contributed by atoms with E-state index in [1.807, 2.05) is 6.20 Å². The Balaban J connectivity index is 2.11. The second-order valence-corrected chi connectivity index (χ2v) is 5.29. The van der Waals surface area contributed by atoms with Gasteiger partial charge in [-0.05, 0) is 31.9 Å². The SMILES string of the molecule is CCCNCc1cnn(Cc2cccc(C)c2)c1CC. The molecular formula is C17H25N3. The van der Waals surface area contributed by atoms with Crippen LogP contribution in [0.5, 0.6) is 0 Å². The molecule has 0 saturated carbocycles. The summed E-state index contributed by atoms with van der Waals surface area (Å²) in [7, 11) is 0. The van der Waals surface area contributed by atoms with Gasteiger partial charge in [0.15, 0.2) is 0 Å². The second kappa shape index (κ2) is 7.25. The van der Waals surface area contributed by atoms with Gasteiger partial charge in [-0.1, -0.05) is 43.7 Å². The van der Waals surface area contributed by atoms with Crippen LogP contribution in [0.3, 0.4) is 0 Å². The third-order valence-electron chi connectivity index (χ3n) is 3.53. The fourth-order valence-corrected chi connectivity index (χ4v) is 2.53. The summed E-state index contributed by atoms with van der Waals surface area (Å²) in [5, 5.41) is 8.03. The lowest BCUT2D eigenvalue weighted by Gasteiger charge is -2.09. The predicted molar refractivity (Wildman–Crippen MR) is 83.9 cm³/mol. The summed E-state index contributed by atoms with van der Waals surface area (Å²) in [5.74, 6) is 0. The summed E-state index contributed by atoms with van der Waals surface area (Å²) in [5.41, 5.74) is 5.29. The number of hydrogen-bond donors (Lipinski definition) is 1. The van der Waals surface area contributed by atoms with Gasteiger partial charge in [-0.3, -0.25) is 4.68 Å². The van der Waals surface area contributed by atoms with Crippen LogP contribution < -0.4 is 5.32 Å². The van der Waals surface area contributed by atoms with Crippen molar-refractivity contribution in [2.45, 2.75) is 46.7 Å². The molecule has 0 unspecified atom stereocenters. The molecule has 0 aliphatic carbocycles. The number of aryl methyl sites for hydroxylation is 1. The smallest absolute Gasteiger partial charge is 0.0662 e. The van der Waals surface area contributed by atoms with Crippen molar-refractivity contribution >= 4 is 0 Å². The second-order valence-electron chi connectivity index (χ2n) is 5.29. The van der Waals surface area contributed by atoms with Crippen molar-refractivity contribution in [3.05, 3.63) is 52.8 Å². The number of nitrogens with one attached hydrogen (secondary N) is 1. The minimum absolute atomic E-state index is 0.860. The van der Waals surface area contributed by atoms with E-state index in [0.29, 0.717) is 0 Å². The highest BCUT2D eigenvalue weighted by molar-refractivity contribution is 5.24. The van der Waals surface area contributed by atoms with Gasteiger partial charge in [0.25, 0.3) is 0 Å². The third-order valence-corrected chi connectivity index (χ3v) is 3.53. The summed E-state index contributed by atoms with van der Waals surface area (Å²) in [4.78, 5) is 0. The van der Waals surface area contributed by atoms with Crippen LogP contribution in [0.15, 0.2) is 30.5 Å². The Kier molecular flexibility index (Phi) is 5.36. The molecule has 108 valence electrons. The first-order chi connectivity index (χ1) is 9.74. The van der Waals surface area contributed by atoms with Gasteiger partial charge in [-0.25, -0.2) is 0 Å². The first-order valence-electron chi connectivity index (χ1n) is 7.54. The van der Waals surface area contributed by atoms with Crippen LogP contribution in [0.4, 0.5) is 0 Å². The summed E-state index contributed by atoms with van der Waals surface area (Å²) >= 11 is 0. The zero-order valence-electron chi connectivity index (χ0n) is 12.8. The molecule has 1 aromatic heterocycles. The molecule has 3 heteroatoms. The van der Waals surface area contributed by atoms with E-state index in [4.69, 9.17) is 0 Å². The minimum atomic E-state index is 0.860. The van der Waals surface area contributed by atoms with Crippen LogP contribution in [0.25, 0.3) is 0 Å².